The molecule has 0 bridgehead atoms. The number of rotatable bonds is 2. The molecule has 4 rings (SSSR count). The van der Waals surface area contributed by atoms with E-state index < -0.39 is 5.60 Å². The SMILES string of the molecule is CC(C)(C)OC(=O)N1CCc2c(cnn2-c2ccc(-n3cnnn3)cc2)C1. The van der Waals surface area contributed by atoms with Gasteiger partial charge in [0.15, 0.2) is 0 Å². The van der Waals surface area contributed by atoms with Crippen molar-refractivity contribution in [3.8, 4) is 11.4 Å². The van der Waals surface area contributed by atoms with Gasteiger partial charge in [0.2, 0.25) is 0 Å². The molecule has 140 valence electrons. The molecule has 3 aromatic rings. The fraction of sp³-hybridized carbons (Fsp3) is 0.389. The number of nitrogens with zero attached hydrogens (tertiary/aromatic N) is 7. The maximum Gasteiger partial charge on any atom is 0.410 e. The first-order valence-corrected chi connectivity index (χ1v) is 8.78. The van der Waals surface area contributed by atoms with E-state index in [-0.39, 0.29) is 6.09 Å². The lowest BCUT2D eigenvalue weighted by molar-refractivity contribution is 0.0223. The first-order chi connectivity index (χ1) is 12.9. The summed E-state index contributed by atoms with van der Waals surface area (Å²) in [5, 5.41) is 15.7. The summed E-state index contributed by atoms with van der Waals surface area (Å²) in [6, 6.07) is 7.83. The van der Waals surface area contributed by atoms with Gasteiger partial charge < -0.3 is 9.64 Å². The number of benzene rings is 1. The molecule has 0 N–H and O–H groups in total. The van der Waals surface area contributed by atoms with E-state index >= 15 is 0 Å². The summed E-state index contributed by atoms with van der Waals surface area (Å²) in [5.41, 5.74) is 3.49. The zero-order valence-electron chi connectivity index (χ0n) is 15.5. The molecule has 0 fully saturated rings. The maximum atomic E-state index is 12.3. The zero-order chi connectivity index (χ0) is 19.0. The number of aromatic nitrogens is 6. The van der Waals surface area contributed by atoms with Gasteiger partial charge in [-0.25, -0.2) is 14.2 Å². The van der Waals surface area contributed by atoms with Crippen LogP contribution in [0.25, 0.3) is 11.4 Å². The lowest BCUT2D eigenvalue weighted by Crippen LogP contribution is -2.40. The molecule has 0 atom stereocenters. The van der Waals surface area contributed by atoms with Crippen LogP contribution in [0.5, 0.6) is 0 Å². The standard InChI is InChI=1S/C18H21N7O2/c1-18(2,3)27-17(26)23-9-8-16-13(11-23)10-20-25(16)15-6-4-14(5-7-15)24-12-19-21-22-24/h4-7,10,12H,8-9,11H2,1-3H3. The fourth-order valence-corrected chi connectivity index (χ4v) is 3.06. The summed E-state index contributed by atoms with van der Waals surface area (Å²) < 4.78 is 8.99. The Bertz CT molecular complexity index is 939. The minimum absolute atomic E-state index is 0.285. The van der Waals surface area contributed by atoms with E-state index in [4.69, 9.17) is 4.74 Å². The molecule has 1 aromatic carbocycles. The zero-order valence-corrected chi connectivity index (χ0v) is 15.5. The molecule has 3 heterocycles. The smallest absolute Gasteiger partial charge is 0.410 e. The molecule has 0 saturated carbocycles. The van der Waals surface area contributed by atoms with Crippen LogP contribution in [0.2, 0.25) is 0 Å². The highest BCUT2D eigenvalue weighted by Crippen LogP contribution is 2.23. The largest absolute Gasteiger partial charge is 0.444 e. The van der Waals surface area contributed by atoms with Gasteiger partial charge in [-0.2, -0.15) is 5.10 Å². The van der Waals surface area contributed by atoms with Gasteiger partial charge in [-0.3, -0.25) is 0 Å². The first kappa shape index (κ1) is 17.2. The monoisotopic (exact) mass is 367 g/mol. The van der Waals surface area contributed by atoms with Crippen molar-refractivity contribution in [3.63, 3.8) is 0 Å². The fourth-order valence-electron chi connectivity index (χ4n) is 3.06. The van der Waals surface area contributed by atoms with E-state index in [1.807, 2.05) is 55.9 Å². The van der Waals surface area contributed by atoms with Crippen molar-refractivity contribution in [3.05, 3.63) is 48.0 Å². The van der Waals surface area contributed by atoms with Crippen molar-refractivity contribution in [2.24, 2.45) is 0 Å². The molecule has 0 unspecified atom stereocenters. The van der Waals surface area contributed by atoms with Crippen LogP contribution in [0.4, 0.5) is 4.79 Å². The topological polar surface area (TPSA) is 91.0 Å². The first-order valence-electron chi connectivity index (χ1n) is 8.78. The molecular formula is C18H21N7O2. The third-order valence-corrected chi connectivity index (χ3v) is 4.29. The van der Waals surface area contributed by atoms with E-state index in [1.54, 1.807) is 15.9 Å². The van der Waals surface area contributed by atoms with Gasteiger partial charge in [-0.15, -0.1) is 5.10 Å². The number of ether oxygens (including phenoxy) is 1. The van der Waals surface area contributed by atoms with Crippen LogP contribution in [0.15, 0.2) is 36.8 Å². The minimum Gasteiger partial charge on any atom is -0.444 e. The molecule has 2 aromatic heterocycles. The number of fused-ring (bicyclic) bond motifs is 1. The molecular weight excluding hydrogens is 346 g/mol. The van der Waals surface area contributed by atoms with Crippen LogP contribution >= 0.6 is 0 Å². The molecule has 0 aliphatic carbocycles. The van der Waals surface area contributed by atoms with E-state index in [2.05, 4.69) is 20.6 Å². The van der Waals surface area contributed by atoms with Crippen molar-refractivity contribution in [1.82, 2.24) is 34.9 Å². The van der Waals surface area contributed by atoms with Gasteiger partial charge in [0.05, 0.1) is 29.8 Å². The van der Waals surface area contributed by atoms with Crippen LogP contribution < -0.4 is 0 Å². The Morgan fingerprint density at radius 1 is 1.15 bits per heavy atom. The number of hydrogen-bond acceptors (Lipinski definition) is 6. The normalized spacial score (nSPS) is 14.1. The number of hydrogen-bond donors (Lipinski definition) is 0. The predicted octanol–water partition coefficient (Wildman–Crippen LogP) is 2.14. The van der Waals surface area contributed by atoms with Crippen molar-refractivity contribution in [1.29, 1.82) is 0 Å². The lowest BCUT2D eigenvalue weighted by atomic mass is 10.1. The van der Waals surface area contributed by atoms with Gasteiger partial charge in [-0.05, 0) is 55.5 Å². The highest BCUT2D eigenvalue weighted by Gasteiger charge is 2.28. The number of carbonyl (C=O) groups excluding carboxylic acids is 1. The van der Waals surface area contributed by atoms with Crippen LogP contribution in [-0.2, 0) is 17.7 Å². The molecule has 1 amide bonds. The summed E-state index contributed by atoms with van der Waals surface area (Å²) in [4.78, 5) is 14.0. The molecule has 1 aliphatic rings. The Labute approximate surface area is 156 Å². The molecule has 0 saturated heterocycles. The predicted molar refractivity (Wildman–Crippen MR) is 96.6 cm³/mol. The van der Waals surface area contributed by atoms with E-state index in [1.165, 1.54) is 0 Å². The summed E-state index contributed by atoms with van der Waals surface area (Å²) in [6.45, 7) is 6.73. The Balaban J connectivity index is 1.52. The Morgan fingerprint density at radius 3 is 2.56 bits per heavy atom. The quantitative estimate of drug-likeness (QED) is 0.689. The second kappa shape index (κ2) is 6.49. The van der Waals surface area contributed by atoms with Gasteiger partial charge in [0.25, 0.3) is 0 Å². The molecule has 27 heavy (non-hydrogen) atoms. The summed E-state index contributed by atoms with van der Waals surface area (Å²) in [5.74, 6) is 0. The molecule has 0 radical (unpaired) electrons. The second-order valence-electron chi connectivity index (χ2n) is 7.45. The Kier molecular flexibility index (Phi) is 4.14. The van der Waals surface area contributed by atoms with Crippen molar-refractivity contribution >= 4 is 6.09 Å². The number of carbonyl (C=O) groups is 1. The second-order valence-corrected chi connectivity index (χ2v) is 7.45. The van der Waals surface area contributed by atoms with Crippen molar-refractivity contribution in [2.45, 2.75) is 39.3 Å². The Morgan fingerprint density at radius 2 is 1.89 bits per heavy atom. The summed E-state index contributed by atoms with van der Waals surface area (Å²) in [6.07, 6.45) is 3.81. The van der Waals surface area contributed by atoms with Gasteiger partial charge in [0, 0.05) is 18.5 Å². The lowest BCUT2D eigenvalue weighted by Gasteiger charge is -2.30. The minimum atomic E-state index is -0.497. The molecule has 9 heteroatoms. The van der Waals surface area contributed by atoms with Gasteiger partial charge in [-0.1, -0.05) is 0 Å². The van der Waals surface area contributed by atoms with Crippen LogP contribution in [-0.4, -0.2) is 53.1 Å². The van der Waals surface area contributed by atoms with E-state index in [0.717, 1.165) is 29.1 Å². The molecule has 0 spiro atoms. The van der Waals surface area contributed by atoms with Crippen LogP contribution in [0, 0.1) is 0 Å². The highest BCUT2D eigenvalue weighted by molar-refractivity contribution is 5.68. The number of amides is 1. The Hall–Kier alpha value is -3.23. The molecule has 1 aliphatic heterocycles. The van der Waals surface area contributed by atoms with E-state index in [9.17, 15) is 4.79 Å². The summed E-state index contributed by atoms with van der Waals surface area (Å²) in [7, 11) is 0. The van der Waals surface area contributed by atoms with Gasteiger partial charge in [0.1, 0.15) is 11.9 Å². The van der Waals surface area contributed by atoms with Crippen molar-refractivity contribution in [2.75, 3.05) is 6.54 Å². The summed E-state index contributed by atoms with van der Waals surface area (Å²) >= 11 is 0. The van der Waals surface area contributed by atoms with Gasteiger partial charge >= 0.3 is 6.09 Å². The van der Waals surface area contributed by atoms with Crippen molar-refractivity contribution < 1.29 is 9.53 Å². The van der Waals surface area contributed by atoms with Crippen LogP contribution in [0.1, 0.15) is 32.0 Å². The average molecular weight is 367 g/mol. The van der Waals surface area contributed by atoms with E-state index in [0.29, 0.717) is 13.1 Å². The third-order valence-electron chi connectivity index (χ3n) is 4.29. The average Bonchev–Trinajstić information content (AvgIpc) is 3.30. The maximum absolute atomic E-state index is 12.3. The highest BCUT2D eigenvalue weighted by atomic mass is 16.6. The van der Waals surface area contributed by atoms with Crippen LogP contribution in [0.3, 0.4) is 0 Å². The number of tetrazole rings is 1. The molecule has 9 nitrogen and oxygen atoms in total. The third kappa shape index (κ3) is 3.53.